The van der Waals surface area contributed by atoms with Crippen LogP contribution >= 0.6 is 11.3 Å². The molecule has 0 atom stereocenters. The number of hydrogen-bond donors (Lipinski definition) is 0. The van der Waals surface area contributed by atoms with Crippen LogP contribution in [0.4, 0.5) is 0 Å². The summed E-state index contributed by atoms with van der Waals surface area (Å²) < 4.78 is 22.2. The lowest BCUT2D eigenvalue weighted by molar-refractivity contribution is -0.0497. The van der Waals surface area contributed by atoms with E-state index in [1.807, 2.05) is 43.5 Å². The number of benzene rings is 1. The van der Waals surface area contributed by atoms with E-state index in [1.165, 1.54) is 5.56 Å². The first kappa shape index (κ1) is 20.6. The van der Waals surface area contributed by atoms with E-state index < -0.39 is 0 Å². The molecule has 0 aliphatic rings. The highest BCUT2D eigenvalue weighted by Crippen LogP contribution is 2.26. The first-order valence-corrected chi connectivity index (χ1v) is 10.5. The molecule has 0 saturated carbocycles. The SMILES string of the molecule is CCOCOCCCc1ccc(OCCc2nc(-c3cccs3)oc2C)cc1. The van der Waals surface area contributed by atoms with Crippen molar-refractivity contribution >= 4 is 11.3 Å². The third-order valence-corrected chi connectivity index (χ3v) is 5.14. The molecule has 0 aliphatic carbocycles. The number of aromatic nitrogens is 1. The lowest BCUT2D eigenvalue weighted by Crippen LogP contribution is -2.03. The third-order valence-electron chi connectivity index (χ3n) is 4.28. The summed E-state index contributed by atoms with van der Waals surface area (Å²) in [6.45, 7) is 6.26. The maximum atomic E-state index is 5.87. The van der Waals surface area contributed by atoms with E-state index in [0.29, 0.717) is 32.5 Å². The number of nitrogens with zero attached hydrogens (tertiary/aromatic N) is 1. The highest BCUT2D eigenvalue weighted by atomic mass is 32.1. The van der Waals surface area contributed by atoms with Crippen molar-refractivity contribution in [1.82, 2.24) is 4.98 Å². The second kappa shape index (κ2) is 11.0. The summed E-state index contributed by atoms with van der Waals surface area (Å²) in [7, 11) is 0. The van der Waals surface area contributed by atoms with Gasteiger partial charge in [0.1, 0.15) is 18.3 Å². The number of rotatable bonds is 12. The summed E-state index contributed by atoms with van der Waals surface area (Å²) in [6.07, 6.45) is 2.68. The Morgan fingerprint density at radius 1 is 1.04 bits per heavy atom. The average molecular weight is 402 g/mol. The molecule has 6 heteroatoms. The maximum absolute atomic E-state index is 5.87. The molecule has 0 unspecified atom stereocenters. The van der Waals surface area contributed by atoms with Crippen LogP contribution in [-0.4, -0.2) is 31.6 Å². The largest absolute Gasteiger partial charge is 0.493 e. The van der Waals surface area contributed by atoms with Crippen LogP contribution < -0.4 is 4.74 Å². The second-order valence-electron chi connectivity index (χ2n) is 6.36. The molecular formula is C22H27NO4S. The van der Waals surface area contributed by atoms with Gasteiger partial charge in [-0.3, -0.25) is 0 Å². The predicted molar refractivity (Wildman–Crippen MR) is 111 cm³/mol. The van der Waals surface area contributed by atoms with Gasteiger partial charge >= 0.3 is 0 Å². The summed E-state index contributed by atoms with van der Waals surface area (Å²) >= 11 is 1.63. The minimum absolute atomic E-state index is 0.378. The second-order valence-corrected chi connectivity index (χ2v) is 7.31. The van der Waals surface area contributed by atoms with E-state index in [9.17, 15) is 0 Å². The Hall–Kier alpha value is -2.15. The highest BCUT2D eigenvalue weighted by Gasteiger charge is 2.12. The molecule has 3 aromatic rings. The minimum atomic E-state index is 0.378. The summed E-state index contributed by atoms with van der Waals surface area (Å²) in [6, 6.07) is 12.3. The standard InChI is InChI=1S/C22H27NO4S/c1-3-24-16-25-13-4-6-18-8-10-19(11-9-18)26-14-12-20-17(2)27-22(23-20)21-7-5-15-28-21/h5,7-11,15H,3-4,6,12-14,16H2,1-2H3. The summed E-state index contributed by atoms with van der Waals surface area (Å²) in [5.41, 5.74) is 2.23. The Morgan fingerprint density at radius 3 is 2.64 bits per heavy atom. The fourth-order valence-electron chi connectivity index (χ4n) is 2.76. The zero-order chi connectivity index (χ0) is 19.6. The van der Waals surface area contributed by atoms with Gasteiger partial charge < -0.3 is 18.6 Å². The Bertz CT molecular complexity index is 812. The lowest BCUT2D eigenvalue weighted by atomic mass is 10.1. The fraction of sp³-hybridized carbons (Fsp3) is 0.409. The molecule has 0 fully saturated rings. The Morgan fingerprint density at radius 2 is 1.89 bits per heavy atom. The van der Waals surface area contributed by atoms with Gasteiger partial charge in [0.25, 0.3) is 0 Å². The van der Waals surface area contributed by atoms with E-state index >= 15 is 0 Å². The molecule has 0 bridgehead atoms. The van der Waals surface area contributed by atoms with Gasteiger partial charge in [-0.25, -0.2) is 4.98 Å². The van der Waals surface area contributed by atoms with Crippen LogP contribution in [0.15, 0.2) is 46.2 Å². The van der Waals surface area contributed by atoms with Crippen LogP contribution in [0.25, 0.3) is 10.8 Å². The van der Waals surface area contributed by atoms with E-state index in [-0.39, 0.29) is 0 Å². The van der Waals surface area contributed by atoms with Crippen molar-refractivity contribution in [2.45, 2.75) is 33.1 Å². The van der Waals surface area contributed by atoms with Crippen LogP contribution in [0.2, 0.25) is 0 Å². The van der Waals surface area contributed by atoms with E-state index in [2.05, 4.69) is 17.1 Å². The Labute approximate surface area is 170 Å². The predicted octanol–water partition coefficient (Wildman–Crippen LogP) is 5.28. The van der Waals surface area contributed by atoms with Gasteiger partial charge in [0, 0.05) is 19.6 Å². The van der Waals surface area contributed by atoms with Gasteiger partial charge in [0.05, 0.1) is 17.2 Å². The van der Waals surface area contributed by atoms with Crippen LogP contribution in [0, 0.1) is 6.92 Å². The molecule has 28 heavy (non-hydrogen) atoms. The van der Waals surface area contributed by atoms with Crippen LogP contribution in [0.5, 0.6) is 5.75 Å². The van der Waals surface area contributed by atoms with Gasteiger partial charge in [0.2, 0.25) is 5.89 Å². The zero-order valence-electron chi connectivity index (χ0n) is 16.5. The van der Waals surface area contributed by atoms with Crippen molar-refractivity contribution in [2.24, 2.45) is 0 Å². The molecule has 1 aromatic carbocycles. The Kier molecular flexibility index (Phi) is 8.08. The van der Waals surface area contributed by atoms with Crippen molar-refractivity contribution in [3.63, 3.8) is 0 Å². The maximum Gasteiger partial charge on any atom is 0.236 e. The van der Waals surface area contributed by atoms with Crippen LogP contribution in [-0.2, 0) is 22.3 Å². The minimum Gasteiger partial charge on any atom is -0.493 e. The number of ether oxygens (including phenoxy) is 3. The van der Waals surface area contributed by atoms with E-state index in [4.69, 9.17) is 18.6 Å². The van der Waals surface area contributed by atoms with Gasteiger partial charge in [-0.1, -0.05) is 18.2 Å². The van der Waals surface area contributed by atoms with Crippen molar-refractivity contribution in [3.8, 4) is 16.5 Å². The Balaban J connectivity index is 1.39. The number of oxazole rings is 1. The van der Waals surface area contributed by atoms with Crippen LogP contribution in [0.3, 0.4) is 0 Å². The normalized spacial score (nSPS) is 11.1. The molecule has 2 heterocycles. The van der Waals surface area contributed by atoms with Crippen molar-refractivity contribution < 1.29 is 18.6 Å². The average Bonchev–Trinajstić information content (AvgIpc) is 3.36. The van der Waals surface area contributed by atoms with Crippen molar-refractivity contribution in [2.75, 3.05) is 26.6 Å². The highest BCUT2D eigenvalue weighted by molar-refractivity contribution is 7.13. The molecule has 0 amide bonds. The molecule has 3 rings (SSSR count). The zero-order valence-corrected chi connectivity index (χ0v) is 17.3. The van der Waals surface area contributed by atoms with E-state index in [1.54, 1.807) is 11.3 Å². The number of thiophene rings is 1. The van der Waals surface area contributed by atoms with Crippen LogP contribution in [0.1, 0.15) is 30.4 Å². The number of hydrogen-bond acceptors (Lipinski definition) is 6. The fourth-order valence-corrected chi connectivity index (χ4v) is 3.41. The topological polar surface area (TPSA) is 53.7 Å². The van der Waals surface area contributed by atoms with Gasteiger partial charge in [-0.15, -0.1) is 11.3 Å². The molecule has 0 N–H and O–H groups in total. The van der Waals surface area contributed by atoms with Gasteiger partial charge in [-0.05, 0) is 55.8 Å². The van der Waals surface area contributed by atoms with Crippen molar-refractivity contribution in [3.05, 3.63) is 58.8 Å². The first-order valence-electron chi connectivity index (χ1n) is 9.63. The molecule has 0 spiro atoms. The summed E-state index contributed by atoms with van der Waals surface area (Å²) in [5.74, 6) is 2.42. The smallest absolute Gasteiger partial charge is 0.236 e. The van der Waals surface area contributed by atoms with Gasteiger partial charge in [0.15, 0.2) is 0 Å². The molecular weight excluding hydrogens is 374 g/mol. The molecule has 2 aromatic heterocycles. The summed E-state index contributed by atoms with van der Waals surface area (Å²) in [5, 5.41) is 2.02. The molecule has 0 saturated heterocycles. The van der Waals surface area contributed by atoms with E-state index in [0.717, 1.165) is 41.3 Å². The molecule has 0 radical (unpaired) electrons. The lowest BCUT2D eigenvalue weighted by Gasteiger charge is -2.07. The first-order chi connectivity index (χ1) is 13.8. The summed E-state index contributed by atoms with van der Waals surface area (Å²) in [4.78, 5) is 5.65. The molecule has 5 nitrogen and oxygen atoms in total. The quantitative estimate of drug-likeness (QED) is 0.305. The number of aryl methyl sites for hydroxylation is 2. The molecule has 0 aliphatic heterocycles. The van der Waals surface area contributed by atoms with Gasteiger partial charge in [-0.2, -0.15) is 0 Å². The molecule has 150 valence electrons. The monoisotopic (exact) mass is 401 g/mol. The third kappa shape index (κ3) is 6.19. The van der Waals surface area contributed by atoms with Crippen molar-refractivity contribution in [1.29, 1.82) is 0 Å².